The lowest BCUT2D eigenvalue weighted by molar-refractivity contribution is 1.17. The lowest BCUT2D eigenvalue weighted by Gasteiger charge is -2.13. The third kappa shape index (κ3) is 4.94. The summed E-state index contributed by atoms with van der Waals surface area (Å²) in [5.74, 6) is 0.573. The van der Waals surface area contributed by atoms with Crippen LogP contribution in [0.15, 0.2) is 188 Å². The van der Waals surface area contributed by atoms with E-state index in [-0.39, 0.29) is 0 Å². The minimum atomic E-state index is 0.442. The molecular weight excluding hydrogens is 683 g/mol. The van der Waals surface area contributed by atoms with Gasteiger partial charge in [0.1, 0.15) is 11.6 Å². The fourth-order valence-electron chi connectivity index (χ4n) is 8.38. The van der Waals surface area contributed by atoms with Crippen LogP contribution in [-0.4, -0.2) is 19.1 Å². The number of nitriles is 1. The number of hydrogen-bond acceptors (Lipinski definition) is 3. The van der Waals surface area contributed by atoms with Crippen molar-refractivity contribution < 1.29 is 0 Å². The second-order valence-corrected chi connectivity index (χ2v) is 14.1. The van der Waals surface area contributed by atoms with Crippen LogP contribution in [0.25, 0.3) is 99.7 Å². The maximum Gasteiger partial charge on any atom is 0.160 e. The molecule has 0 saturated heterocycles. The molecule has 3 aromatic heterocycles. The first kappa shape index (κ1) is 31.7. The maximum atomic E-state index is 10.9. The number of fused-ring (bicyclic) bond motifs is 7. The normalized spacial score (nSPS) is 11.6. The quantitative estimate of drug-likeness (QED) is 0.178. The van der Waals surface area contributed by atoms with Gasteiger partial charge in [-0.15, -0.1) is 0 Å². The van der Waals surface area contributed by atoms with Crippen molar-refractivity contribution in [2.45, 2.75) is 0 Å². The van der Waals surface area contributed by atoms with Gasteiger partial charge in [-0.1, -0.05) is 127 Å². The van der Waals surface area contributed by atoms with Gasteiger partial charge in [0.15, 0.2) is 5.82 Å². The molecule has 0 N–H and O–H groups in total. The van der Waals surface area contributed by atoms with Gasteiger partial charge in [0.2, 0.25) is 0 Å². The first-order valence-electron chi connectivity index (χ1n) is 18.7. The number of benzene rings is 8. The van der Waals surface area contributed by atoms with Gasteiger partial charge in [-0.25, -0.2) is 9.97 Å². The molecular formula is C51H31N5. The molecule has 0 radical (unpaired) electrons. The number of nitrogens with zero attached hydrogens (tertiary/aromatic N) is 5. The molecule has 0 aliphatic carbocycles. The molecule has 3 heterocycles. The van der Waals surface area contributed by atoms with Crippen molar-refractivity contribution in [3.8, 4) is 51.3 Å². The van der Waals surface area contributed by atoms with E-state index >= 15 is 0 Å². The molecule has 5 nitrogen and oxygen atoms in total. The molecule has 0 spiro atoms. The van der Waals surface area contributed by atoms with E-state index in [2.05, 4.69) is 161 Å². The Morgan fingerprint density at radius 3 is 1.54 bits per heavy atom. The van der Waals surface area contributed by atoms with E-state index in [0.717, 1.165) is 71.7 Å². The number of para-hydroxylation sites is 3. The number of rotatable bonds is 5. The third-order valence-corrected chi connectivity index (χ3v) is 10.9. The fraction of sp³-hybridized carbons (Fsp3) is 0. The first-order chi connectivity index (χ1) is 27.7. The van der Waals surface area contributed by atoms with Crippen LogP contribution in [0.4, 0.5) is 0 Å². The first-order valence-corrected chi connectivity index (χ1v) is 18.7. The average molecular weight is 714 g/mol. The predicted octanol–water partition coefficient (Wildman–Crippen LogP) is 12.7. The lowest BCUT2D eigenvalue weighted by Crippen LogP contribution is -2.01. The van der Waals surface area contributed by atoms with Gasteiger partial charge in [0.05, 0.1) is 33.5 Å². The second kappa shape index (κ2) is 12.7. The highest BCUT2D eigenvalue weighted by Crippen LogP contribution is 2.42. The second-order valence-electron chi connectivity index (χ2n) is 14.1. The van der Waals surface area contributed by atoms with Crippen molar-refractivity contribution in [3.63, 3.8) is 0 Å². The molecule has 0 saturated carbocycles. The van der Waals surface area contributed by atoms with Crippen LogP contribution in [0.2, 0.25) is 0 Å². The number of aromatic nitrogens is 4. The van der Waals surface area contributed by atoms with E-state index in [9.17, 15) is 5.26 Å². The van der Waals surface area contributed by atoms with Gasteiger partial charge in [-0.05, 0) is 71.4 Å². The zero-order valence-electron chi connectivity index (χ0n) is 30.1. The Morgan fingerprint density at radius 1 is 0.375 bits per heavy atom. The molecule has 0 atom stereocenters. The van der Waals surface area contributed by atoms with E-state index in [4.69, 9.17) is 9.97 Å². The van der Waals surface area contributed by atoms with E-state index in [1.54, 1.807) is 0 Å². The monoisotopic (exact) mass is 713 g/mol. The highest BCUT2D eigenvalue weighted by atomic mass is 15.0. The van der Waals surface area contributed by atoms with Crippen molar-refractivity contribution >= 4 is 54.4 Å². The van der Waals surface area contributed by atoms with Gasteiger partial charge in [0, 0.05) is 49.6 Å². The van der Waals surface area contributed by atoms with Gasteiger partial charge in [-0.2, -0.15) is 5.26 Å². The van der Waals surface area contributed by atoms with E-state index < -0.39 is 0 Å². The standard InChI is InChI=1S/C51H31N5/c52-32-44-49(36-25-24-33-14-10-11-17-35(33)28-36)53-51(34-15-4-1-5-16-34)54-50(44)37-26-27-46-41(29-37)43-31-47-42(30-48(43)56(46)39-20-8-3-9-21-39)40-22-12-13-23-45(40)55(47)38-18-6-2-7-19-38/h1-31H. The Labute approximate surface area is 322 Å². The smallest absolute Gasteiger partial charge is 0.160 e. The summed E-state index contributed by atoms with van der Waals surface area (Å²) in [7, 11) is 0. The van der Waals surface area contributed by atoms with Crippen LogP contribution >= 0.6 is 0 Å². The fourth-order valence-corrected chi connectivity index (χ4v) is 8.38. The van der Waals surface area contributed by atoms with Crippen LogP contribution in [-0.2, 0) is 0 Å². The number of hydrogen-bond donors (Lipinski definition) is 0. The molecule has 0 unspecified atom stereocenters. The summed E-state index contributed by atoms with van der Waals surface area (Å²) in [5, 5.41) is 17.7. The Kier molecular flexibility index (Phi) is 7.16. The largest absolute Gasteiger partial charge is 0.309 e. The van der Waals surface area contributed by atoms with Gasteiger partial charge >= 0.3 is 0 Å². The zero-order valence-corrected chi connectivity index (χ0v) is 30.1. The third-order valence-electron chi connectivity index (χ3n) is 10.9. The summed E-state index contributed by atoms with van der Waals surface area (Å²) in [6.07, 6.45) is 0. The minimum absolute atomic E-state index is 0.442. The Morgan fingerprint density at radius 2 is 0.875 bits per heavy atom. The molecule has 0 aliphatic heterocycles. The van der Waals surface area contributed by atoms with Crippen LogP contribution in [0.5, 0.6) is 0 Å². The Hall–Kier alpha value is -7.81. The summed E-state index contributed by atoms with van der Waals surface area (Å²) in [5.41, 5.74) is 10.9. The SMILES string of the molecule is N#Cc1c(-c2ccc3ccccc3c2)nc(-c2ccccc2)nc1-c1ccc2c(c1)c1cc3c(cc1n2-c1ccccc1)c1ccccc1n3-c1ccccc1. The van der Waals surface area contributed by atoms with Crippen molar-refractivity contribution in [3.05, 3.63) is 194 Å². The van der Waals surface area contributed by atoms with Gasteiger partial charge in [0.25, 0.3) is 0 Å². The van der Waals surface area contributed by atoms with Crippen LogP contribution in [0, 0.1) is 11.3 Å². The Balaban J connectivity index is 1.22. The Bertz CT molecular complexity index is 3350. The summed E-state index contributed by atoms with van der Waals surface area (Å²) in [6.45, 7) is 0. The molecule has 260 valence electrons. The molecule has 8 aromatic carbocycles. The molecule has 5 heteroatoms. The van der Waals surface area contributed by atoms with Gasteiger partial charge < -0.3 is 9.13 Å². The lowest BCUT2D eigenvalue weighted by atomic mass is 9.97. The minimum Gasteiger partial charge on any atom is -0.309 e. The van der Waals surface area contributed by atoms with Crippen LogP contribution < -0.4 is 0 Å². The molecule has 0 amide bonds. The average Bonchev–Trinajstić information content (AvgIpc) is 3.77. The maximum absolute atomic E-state index is 10.9. The summed E-state index contributed by atoms with van der Waals surface area (Å²) < 4.78 is 4.71. The van der Waals surface area contributed by atoms with Gasteiger partial charge in [-0.3, -0.25) is 0 Å². The highest BCUT2D eigenvalue weighted by Gasteiger charge is 2.22. The van der Waals surface area contributed by atoms with Crippen LogP contribution in [0.3, 0.4) is 0 Å². The van der Waals surface area contributed by atoms with E-state index in [1.165, 1.54) is 10.8 Å². The molecule has 11 aromatic rings. The van der Waals surface area contributed by atoms with Crippen molar-refractivity contribution in [2.75, 3.05) is 0 Å². The van der Waals surface area contributed by atoms with E-state index in [0.29, 0.717) is 22.8 Å². The topological polar surface area (TPSA) is 59.4 Å². The summed E-state index contributed by atoms with van der Waals surface area (Å²) in [6, 6.07) is 68.0. The highest BCUT2D eigenvalue weighted by molar-refractivity contribution is 6.19. The van der Waals surface area contributed by atoms with Crippen LogP contribution in [0.1, 0.15) is 5.56 Å². The summed E-state index contributed by atoms with van der Waals surface area (Å²) >= 11 is 0. The molecule has 0 aliphatic rings. The molecule has 0 bridgehead atoms. The van der Waals surface area contributed by atoms with Crippen molar-refractivity contribution in [1.82, 2.24) is 19.1 Å². The predicted molar refractivity (Wildman–Crippen MR) is 229 cm³/mol. The van der Waals surface area contributed by atoms with Crippen molar-refractivity contribution in [2.24, 2.45) is 0 Å². The molecule has 11 rings (SSSR count). The summed E-state index contributed by atoms with van der Waals surface area (Å²) in [4.78, 5) is 10.3. The molecule has 0 fully saturated rings. The van der Waals surface area contributed by atoms with E-state index in [1.807, 2.05) is 42.5 Å². The molecule has 56 heavy (non-hydrogen) atoms. The van der Waals surface area contributed by atoms with Crippen molar-refractivity contribution in [1.29, 1.82) is 5.26 Å². The zero-order chi connectivity index (χ0) is 37.2.